The van der Waals surface area contributed by atoms with Gasteiger partial charge in [-0.25, -0.2) is 0 Å². The number of aromatic hydroxyl groups is 1. The molecule has 2 amide bonds. The average molecular weight is 236 g/mol. The van der Waals surface area contributed by atoms with Crippen LogP contribution in [0.25, 0.3) is 0 Å². The third-order valence-corrected chi connectivity index (χ3v) is 2.35. The molecule has 0 saturated carbocycles. The Bertz CT molecular complexity index is 418. The molecule has 0 bridgehead atoms. The van der Waals surface area contributed by atoms with Gasteiger partial charge in [0.1, 0.15) is 5.75 Å². The first kappa shape index (κ1) is 13.0. The molecule has 5 nitrogen and oxygen atoms in total. The SMILES string of the molecule is CCC(C)NC(=O)C(=O)Nc1ccccc1O. The Morgan fingerprint density at radius 2 is 1.94 bits per heavy atom. The van der Waals surface area contributed by atoms with Gasteiger partial charge in [0.25, 0.3) is 0 Å². The first-order valence-electron chi connectivity index (χ1n) is 5.44. The number of anilines is 1. The second kappa shape index (κ2) is 5.89. The Hall–Kier alpha value is -2.04. The summed E-state index contributed by atoms with van der Waals surface area (Å²) >= 11 is 0. The molecule has 5 heteroatoms. The van der Waals surface area contributed by atoms with Gasteiger partial charge < -0.3 is 15.7 Å². The summed E-state index contributed by atoms with van der Waals surface area (Å²) in [6.45, 7) is 3.72. The molecule has 92 valence electrons. The zero-order valence-electron chi connectivity index (χ0n) is 9.86. The Morgan fingerprint density at radius 3 is 2.53 bits per heavy atom. The summed E-state index contributed by atoms with van der Waals surface area (Å²) in [5, 5.41) is 14.3. The van der Waals surface area contributed by atoms with Crippen LogP contribution in [0.5, 0.6) is 5.75 Å². The van der Waals surface area contributed by atoms with Crippen LogP contribution >= 0.6 is 0 Å². The highest BCUT2D eigenvalue weighted by atomic mass is 16.3. The molecule has 0 aliphatic heterocycles. The second-order valence-electron chi connectivity index (χ2n) is 3.75. The summed E-state index contributed by atoms with van der Waals surface area (Å²) in [6, 6.07) is 6.18. The number of carbonyl (C=O) groups excluding carboxylic acids is 2. The van der Waals surface area contributed by atoms with E-state index in [1.54, 1.807) is 12.1 Å². The molecule has 1 atom stereocenters. The summed E-state index contributed by atoms with van der Waals surface area (Å²) in [6.07, 6.45) is 0.746. The van der Waals surface area contributed by atoms with Gasteiger partial charge in [0.15, 0.2) is 0 Å². The van der Waals surface area contributed by atoms with Gasteiger partial charge in [-0.3, -0.25) is 9.59 Å². The predicted octanol–water partition coefficient (Wildman–Crippen LogP) is 1.25. The van der Waals surface area contributed by atoms with Gasteiger partial charge in [-0.2, -0.15) is 0 Å². The minimum absolute atomic E-state index is 0.0578. The maximum atomic E-state index is 11.5. The molecule has 0 radical (unpaired) electrons. The highest BCUT2D eigenvalue weighted by molar-refractivity contribution is 6.39. The molecule has 0 fully saturated rings. The molecule has 1 rings (SSSR count). The van der Waals surface area contributed by atoms with Gasteiger partial charge in [0.05, 0.1) is 5.69 Å². The fourth-order valence-corrected chi connectivity index (χ4v) is 1.15. The van der Waals surface area contributed by atoms with Crippen molar-refractivity contribution < 1.29 is 14.7 Å². The first-order valence-corrected chi connectivity index (χ1v) is 5.44. The molecular formula is C12H16N2O3. The van der Waals surface area contributed by atoms with Crippen LogP contribution in [0, 0.1) is 0 Å². The monoisotopic (exact) mass is 236 g/mol. The number of rotatable bonds is 3. The van der Waals surface area contributed by atoms with Crippen LogP contribution in [0.4, 0.5) is 5.69 Å². The van der Waals surface area contributed by atoms with E-state index in [4.69, 9.17) is 0 Å². The highest BCUT2D eigenvalue weighted by Gasteiger charge is 2.16. The lowest BCUT2D eigenvalue weighted by molar-refractivity contribution is -0.136. The third kappa shape index (κ3) is 3.79. The topological polar surface area (TPSA) is 78.4 Å². The molecule has 0 aliphatic carbocycles. The zero-order chi connectivity index (χ0) is 12.8. The van der Waals surface area contributed by atoms with Gasteiger partial charge in [-0.15, -0.1) is 0 Å². The Balaban J connectivity index is 2.61. The van der Waals surface area contributed by atoms with Crippen molar-refractivity contribution in [3.8, 4) is 5.75 Å². The molecule has 0 spiro atoms. The van der Waals surface area contributed by atoms with E-state index in [9.17, 15) is 14.7 Å². The number of phenols is 1. The van der Waals surface area contributed by atoms with Crippen LogP contribution < -0.4 is 10.6 Å². The first-order chi connectivity index (χ1) is 8.04. The summed E-state index contributed by atoms with van der Waals surface area (Å²) in [7, 11) is 0. The molecule has 3 N–H and O–H groups in total. The zero-order valence-corrected chi connectivity index (χ0v) is 9.86. The quantitative estimate of drug-likeness (QED) is 0.546. The predicted molar refractivity (Wildman–Crippen MR) is 64.6 cm³/mol. The van der Waals surface area contributed by atoms with Crippen molar-refractivity contribution in [3.05, 3.63) is 24.3 Å². The van der Waals surface area contributed by atoms with Crippen molar-refractivity contribution in [2.75, 3.05) is 5.32 Å². The van der Waals surface area contributed by atoms with E-state index in [0.29, 0.717) is 0 Å². The van der Waals surface area contributed by atoms with Crippen molar-refractivity contribution in [1.29, 1.82) is 0 Å². The smallest absolute Gasteiger partial charge is 0.313 e. The Labute approximate surface area is 99.8 Å². The number of benzene rings is 1. The molecule has 1 aromatic carbocycles. The number of phenolic OH excluding ortho intramolecular Hbond substituents is 1. The van der Waals surface area contributed by atoms with E-state index in [0.717, 1.165) is 6.42 Å². The fourth-order valence-electron chi connectivity index (χ4n) is 1.15. The van der Waals surface area contributed by atoms with Crippen molar-refractivity contribution in [2.24, 2.45) is 0 Å². The van der Waals surface area contributed by atoms with Crippen LogP contribution in [-0.4, -0.2) is 23.0 Å². The Morgan fingerprint density at radius 1 is 1.29 bits per heavy atom. The normalized spacial score (nSPS) is 11.6. The van der Waals surface area contributed by atoms with Gasteiger partial charge in [-0.1, -0.05) is 19.1 Å². The van der Waals surface area contributed by atoms with E-state index < -0.39 is 11.8 Å². The maximum Gasteiger partial charge on any atom is 0.313 e. The van der Waals surface area contributed by atoms with E-state index >= 15 is 0 Å². The van der Waals surface area contributed by atoms with E-state index in [2.05, 4.69) is 10.6 Å². The van der Waals surface area contributed by atoms with Crippen LogP contribution in [-0.2, 0) is 9.59 Å². The van der Waals surface area contributed by atoms with Crippen LogP contribution in [0.2, 0.25) is 0 Å². The summed E-state index contributed by atoms with van der Waals surface area (Å²) in [4.78, 5) is 22.9. The maximum absolute atomic E-state index is 11.5. The van der Waals surface area contributed by atoms with Crippen molar-refractivity contribution >= 4 is 17.5 Å². The lowest BCUT2D eigenvalue weighted by Gasteiger charge is -2.11. The molecule has 17 heavy (non-hydrogen) atoms. The van der Waals surface area contributed by atoms with Crippen LogP contribution in [0.3, 0.4) is 0 Å². The minimum atomic E-state index is -0.785. The molecule has 0 aromatic heterocycles. The standard InChI is InChI=1S/C12H16N2O3/c1-3-8(2)13-11(16)12(17)14-9-6-4-5-7-10(9)15/h4-8,15H,3H2,1-2H3,(H,13,16)(H,14,17). The Kier molecular flexibility index (Phi) is 4.51. The van der Waals surface area contributed by atoms with Gasteiger partial charge in [0, 0.05) is 6.04 Å². The number of nitrogens with one attached hydrogen (secondary N) is 2. The summed E-state index contributed by atoms with van der Waals surface area (Å²) < 4.78 is 0. The molecule has 0 heterocycles. The largest absolute Gasteiger partial charge is 0.506 e. The van der Waals surface area contributed by atoms with Crippen LogP contribution in [0.15, 0.2) is 24.3 Å². The average Bonchev–Trinajstić information content (AvgIpc) is 2.31. The van der Waals surface area contributed by atoms with Gasteiger partial charge in [0.2, 0.25) is 0 Å². The molecule has 0 aliphatic rings. The molecule has 1 unspecified atom stereocenters. The van der Waals surface area contributed by atoms with E-state index in [1.807, 2.05) is 13.8 Å². The molecule has 1 aromatic rings. The highest BCUT2D eigenvalue weighted by Crippen LogP contribution is 2.21. The van der Waals surface area contributed by atoms with Gasteiger partial charge in [-0.05, 0) is 25.5 Å². The van der Waals surface area contributed by atoms with E-state index in [-0.39, 0.29) is 17.5 Å². The van der Waals surface area contributed by atoms with Crippen molar-refractivity contribution in [3.63, 3.8) is 0 Å². The number of carbonyl (C=O) groups is 2. The number of hydrogen-bond acceptors (Lipinski definition) is 3. The number of amides is 2. The number of hydrogen-bond donors (Lipinski definition) is 3. The summed E-state index contributed by atoms with van der Waals surface area (Å²) in [5.74, 6) is -1.56. The lowest BCUT2D eigenvalue weighted by Crippen LogP contribution is -2.40. The molecular weight excluding hydrogens is 220 g/mol. The van der Waals surface area contributed by atoms with Gasteiger partial charge >= 0.3 is 11.8 Å². The minimum Gasteiger partial charge on any atom is -0.506 e. The molecule has 0 saturated heterocycles. The number of para-hydroxylation sites is 2. The van der Waals surface area contributed by atoms with Crippen molar-refractivity contribution in [2.45, 2.75) is 26.3 Å². The van der Waals surface area contributed by atoms with Crippen molar-refractivity contribution in [1.82, 2.24) is 5.32 Å². The third-order valence-electron chi connectivity index (χ3n) is 2.35. The fraction of sp³-hybridized carbons (Fsp3) is 0.333. The lowest BCUT2D eigenvalue weighted by atomic mass is 10.2. The second-order valence-corrected chi connectivity index (χ2v) is 3.75. The van der Waals surface area contributed by atoms with Crippen LogP contribution in [0.1, 0.15) is 20.3 Å². The van der Waals surface area contributed by atoms with E-state index in [1.165, 1.54) is 12.1 Å². The summed E-state index contributed by atoms with van der Waals surface area (Å²) in [5.41, 5.74) is 0.219.